The summed E-state index contributed by atoms with van der Waals surface area (Å²) in [4.78, 5) is 12.0. The molecule has 0 aliphatic heterocycles. The molecule has 0 bridgehead atoms. The Morgan fingerprint density at radius 1 is 1.47 bits per heavy atom. The number of halogens is 1. The fourth-order valence-corrected chi connectivity index (χ4v) is 1.51. The SMILES string of the molecule is CCC(C)(C)NC(=O)C(C)Oc1ccc(F)cc1C. The Morgan fingerprint density at radius 2 is 2.11 bits per heavy atom. The van der Waals surface area contributed by atoms with Gasteiger partial charge in [-0.15, -0.1) is 0 Å². The first-order valence-electron chi connectivity index (χ1n) is 6.50. The van der Waals surface area contributed by atoms with Gasteiger partial charge in [-0.1, -0.05) is 6.92 Å². The average molecular weight is 267 g/mol. The normalized spacial score (nSPS) is 12.9. The van der Waals surface area contributed by atoms with Gasteiger partial charge in [0.05, 0.1) is 0 Å². The molecule has 1 unspecified atom stereocenters. The highest BCUT2D eigenvalue weighted by atomic mass is 19.1. The lowest BCUT2D eigenvalue weighted by atomic mass is 10.0. The number of nitrogens with one attached hydrogen (secondary N) is 1. The van der Waals surface area contributed by atoms with E-state index in [1.54, 1.807) is 19.9 Å². The number of ether oxygens (including phenoxy) is 1. The number of amides is 1. The van der Waals surface area contributed by atoms with Crippen LogP contribution in [-0.4, -0.2) is 17.6 Å². The summed E-state index contributed by atoms with van der Waals surface area (Å²) in [6, 6.07) is 4.25. The highest BCUT2D eigenvalue weighted by Crippen LogP contribution is 2.20. The molecular weight excluding hydrogens is 245 g/mol. The molecule has 0 saturated carbocycles. The van der Waals surface area contributed by atoms with Crippen LogP contribution >= 0.6 is 0 Å². The topological polar surface area (TPSA) is 38.3 Å². The van der Waals surface area contributed by atoms with Gasteiger partial charge in [-0.3, -0.25) is 4.79 Å². The van der Waals surface area contributed by atoms with Gasteiger partial charge in [-0.05, 0) is 57.9 Å². The van der Waals surface area contributed by atoms with Gasteiger partial charge in [0.2, 0.25) is 0 Å². The van der Waals surface area contributed by atoms with Crippen molar-refractivity contribution in [3.05, 3.63) is 29.6 Å². The molecule has 1 atom stereocenters. The largest absolute Gasteiger partial charge is 0.481 e. The highest BCUT2D eigenvalue weighted by molar-refractivity contribution is 5.81. The van der Waals surface area contributed by atoms with Crippen molar-refractivity contribution < 1.29 is 13.9 Å². The predicted octanol–water partition coefficient (Wildman–Crippen LogP) is 3.21. The van der Waals surface area contributed by atoms with Crippen LogP contribution in [0.15, 0.2) is 18.2 Å². The monoisotopic (exact) mass is 267 g/mol. The summed E-state index contributed by atoms with van der Waals surface area (Å²) in [6.07, 6.45) is 0.219. The van der Waals surface area contributed by atoms with Crippen LogP contribution in [0.25, 0.3) is 0 Å². The maximum absolute atomic E-state index is 13.0. The van der Waals surface area contributed by atoms with E-state index in [-0.39, 0.29) is 17.3 Å². The summed E-state index contributed by atoms with van der Waals surface area (Å²) < 4.78 is 18.6. The van der Waals surface area contributed by atoms with Crippen LogP contribution in [0.3, 0.4) is 0 Å². The zero-order valence-corrected chi connectivity index (χ0v) is 12.2. The standard InChI is InChI=1S/C15H22FNO2/c1-6-15(4,5)17-14(18)11(3)19-13-8-7-12(16)9-10(13)2/h7-9,11H,6H2,1-5H3,(H,17,18). The Hall–Kier alpha value is -1.58. The van der Waals surface area contributed by atoms with E-state index < -0.39 is 6.10 Å². The summed E-state index contributed by atoms with van der Waals surface area (Å²) >= 11 is 0. The van der Waals surface area contributed by atoms with E-state index in [0.29, 0.717) is 11.3 Å². The lowest BCUT2D eigenvalue weighted by molar-refractivity contribution is -0.129. The van der Waals surface area contributed by atoms with Gasteiger partial charge in [0, 0.05) is 5.54 Å². The zero-order valence-electron chi connectivity index (χ0n) is 12.2. The van der Waals surface area contributed by atoms with Crippen LogP contribution < -0.4 is 10.1 Å². The fraction of sp³-hybridized carbons (Fsp3) is 0.533. The quantitative estimate of drug-likeness (QED) is 0.889. The van der Waals surface area contributed by atoms with E-state index in [1.165, 1.54) is 12.1 Å². The maximum atomic E-state index is 13.0. The molecule has 106 valence electrons. The molecule has 4 heteroatoms. The number of hydrogen-bond donors (Lipinski definition) is 1. The van der Waals surface area contributed by atoms with E-state index in [2.05, 4.69) is 5.32 Å². The van der Waals surface area contributed by atoms with Gasteiger partial charge in [-0.25, -0.2) is 4.39 Å². The predicted molar refractivity (Wildman–Crippen MR) is 73.7 cm³/mol. The first-order valence-corrected chi connectivity index (χ1v) is 6.50. The fourth-order valence-electron chi connectivity index (χ4n) is 1.51. The van der Waals surface area contributed by atoms with Gasteiger partial charge in [-0.2, -0.15) is 0 Å². The smallest absolute Gasteiger partial charge is 0.261 e. The van der Waals surface area contributed by atoms with Crippen molar-refractivity contribution in [3.8, 4) is 5.75 Å². The van der Waals surface area contributed by atoms with Gasteiger partial charge < -0.3 is 10.1 Å². The molecule has 1 aromatic carbocycles. The molecule has 1 rings (SSSR count). The molecule has 1 aromatic rings. The highest BCUT2D eigenvalue weighted by Gasteiger charge is 2.23. The summed E-state index contributed by atoms with van der Waals surface area (Å²) in [7, 11) is 0. The minimum atomic E-state index is -0.616. The number of aryl methyl sites for hydroxylation is 1. The minimum absolute atomic E-state index is 0.171. The Kier molecular flexibility index (Phi) is 4.92. The molecule has 0 aliphatic carbocycles. The number of benzene rings is 1. The second kappa shape index (κ2) is 6.04. The van der Waals surface area contributed by atoms with Gasteiger partial charge in [0.25, 0.3) is 5.91 Å². The van der Waals surface area contributed by atoms with Crippen LogP contribution in [0.4, 0.5) is 4.39 Å². The van der Waals surface area contributed by atoms with Crippen LogP contribution in [0.5, 0.6) is 5.75 Å². The van der Waals surface area contributed by atoms with E-state index >= 15 is 0 Å². The minimum Gasteiger partial charge on any atom is -0.481 e. The molecule has 3 nitrogen and oxygen atoms in total. The Balaban J connectivity index is 2.69. The lowest BCUT2D eigenvalue weighted by Gasteiger charge is -2.26. The maximum Gasteiger partial charge on any atom is 0.261 e. The summed E-state index contributed by atoms with van der Waals surface area (Å²) in [5.74, 6) is 0.0444. The van der Waals surface area contributed by atoms with Crippen LogP contribution in [-0.2, 0) is 4.79 Å². The summed E-state index contributed by atoms with van der Waals surface area (Å²) in [6.45, 7) is 9.36. The Labute approximate surface area is 114 Å². The number of carbonyl (C=O) groups is 1. The van der Waals surface area contributed by atoms with E-state index in [9.17, 15) is 9.18 Å². The first kappa shape index (κ1) is 15.5. The summed E-state index contributed by atoms with van der Waals surface area (Å²) in [5.41, 5.74) is 0.418. The van der Waals surface area contributed by atoms with Gasteiger partial charge >= 0.3 is 0 Å². The van der Waals surface area contributed by atoms with Gasteiger partial charge in [0.15, 0.2) is 6.10 Å². The van der Waals surface area contributed by atoms with Crippen molar-refractivity contribution in [2.45, 2.75) is 52.7 Å². The molecule has 0 radical (unpaired) electrons. The third kappa shape index (κ3) is 4.54. The second-order valence-corrected chi connectivity index (χ2v) is 5.40. The molecule has 1 amide bonds. The second-order valence-electron chi connectivity index (χ2n) is 5.40. The molecule has 0 aliphatic rings. The first-order chi connectivity index (χ1) is 8.75. The molecular formula is C15H22FNO2. The van der Waals surface area contributed by atoms with Crippen molar-refractivity contribution in [2.75, 3.05) is 0 Å². The lowest BCUT2D eigenvalue weighted by Crippen LogP contribution is -2.48. The molecule has 0 aromatic heterocycles. The molecule has 0 spiro atoms. The van der Waals surface area contributed by atoms with Crippen LogP contribution in [0.2, 0.25) is 0 Å². The Morgan fingerprint density at radius 3 is 2.63 bits per heavy atom. The third-order valence-corrected chi connectivity index (χ3v) is 3.16. The molecule has 0 saturated heterocycles. The average Bonchev–Trinajstić information content (AvgIpc) is 2.32. The molecule has 0 fully saturated rings. The summed E-state index contributed by atoms with van der Waals surface area (Å²) in [5, 5.41) is 2.92. The number of rotatable bonds is 5. The molecule has 1 N–H and O–H groups in total. The van der Waals surface area contributed by atoms with E-state index in [1.807, 2.05) is 20.8 Å². The van der Waals surface area contributed by atoms with Crippen molar-refractivity contribution >= 4 is 5.91 Å². The van der Waals surface area contributed by atoms with Crippen molar-refractivity contribution in [1.82, 2.24) is 5.32 Å². The van der Waals surface area contributed by atoms with Crippen molar-refractivity contribution in [3.63, 3.8) is 0 Å². The van der Waals surface area contributed by atoms with E-state index in [4.69, 9.17) is 4.74 Å². The van der Waals surface area contributed by atoms with E-state index in [0.717, 1.165) is 6.42 Å². The van der Waals surface area contributed by atoms with Crippen LogP contribution in [0.1, 0.15) is 39.7 Å². The van der Waals surface area contributed by atoms with Crippen molar-refractivity contribution in [2.24, 2.45) is 0 Å². The number of hydrogen-bond acceptors (Lipinski definition) is 2. The number of carbonyl (C=O) groups excluding carboxylic acids is 1. The van der Waals surface area contributed by atoms with Gasteiger partial charge in [0.1, 0.15) is 11.6 Å². The third-order valence-electron chi connectivity index (χ3n) is 3.16. The Bertz CT molecular complexity index is 457. The molecule has 19 heavy (non-hydrogen) atoms. The van der Waals surface area contributed by atoms with Crippen LogP contribution in [0, 0.1) is 12.7 Å². The molecule has 0 heterocycles. The zero-order chi connectivity index (χ0) is 14.6. The van der Waals surface area contributed by atoms with Crippen molar-refractivity contribution in [1.29, 1.82) is 0 Å².